The van der Waals surface area contributed by atoms with Crippen LogP contribution in [0.2, 0.25) is 0 Å². The van der Waals surface area contributed by atoms with Crippen molar-refractivity contribution in [3.8, 4) is 0 Å². The summed E-state index contributed by atoms with van der Waals surface area (Å²) in [6.45, 7) is 4.09. The maximum absolute atomic E-state index is 11.6. The lowest BCUT2D eigenvalue weighted by atomic mass is 9.88. The predicted octanol–water partition coefficient (Wildman–Crippen LogP) is 1.53. The van der Waals surface area contributed by atoms with Gasteiger partial charge in [-0.25, -0.2) is 4.39 Å². The van der Waals surface area contributed by atoms with Crippen molar-refractivity contribution in [1.29, 1.82) is 0 Å². The third-order valence-corrected chi connectivity index (χ3v) is 1.34. The van der Waals surface area contributed by atoms with Gasteiger partial charge in [0.1, 0.15) is 12.5 Å². The van der Waals surface area contributed by atoms with Crippen LogP contribution in [-0.2, 0) is 9.59 Å². The highest BCUT2D eigenvalue weighted by atomic mass is 19.1. The number of ketones is 2. The largest absolute Gasteiger partial charge is 0.299 e. The monoisotopic (exact) mass is 160 g/mol. The molecule has 0 aromatic heterocycles. The van der Waals surface area contributed by atoms with Crippen molar-refractivity contribution in [3.63, 3.8) is 0 Å². The summed E-state index contributed by atoms with van der Waals surface area (Å²) in [7, 11) is 0. The summed E-state index contributed by atoms with van der Waals surface area (Å²) >= 11 is 0. The van der Waals surface area contributed by atoms with Crippen molar-refractivity contribution in [2.45, 2.75) is 27.2 Å². The van der Waals surface area contributed by atoms with Gasteiger partial charge in [0.2, 0.25) is 0 Å². The molecular weight excluding hydrogens is 147 g/mol. The molecule has 11 heavy (non-hydrogen) atoms. The lowest BCUT2D eigenvalue weighted by molar-refractivity contribution is -0.132. The van der Waals surface area contributed by atoms with Gasteiger partial charge in [-0.3, -0.25) is 9.59 Å². The smallest absolute Gasteiger partial charge is 0.171 e. The fraction of sp³-hybridized carbons (Fsp3) is 0.750. The Balaban J connectivity index is 3.99. The molecule has 0 saturated carbocycles. The first kappa shape index (κ1) is 10.3. The summed E-state index contributed by atoms with van der Waals surface area (Å²) in [6, 6.07) is 0. The molecule has 0 unspecified atom stereocenters. The van der Waals surface area contributed by atoms with Gasteiger partial charge >= 0.3 is 0 Å². The molecule has 0 aliphatic rings. The Morgan fingerprint density at radius 2 is 1.73 bits per heavy atom. The summed E-state index contributed by atoms with van der Waals surface area (Å²) in [5.41, 5.74) is -0.537. The molecule has 64 valence electrons. The highest BCUT2D eigenvalue weighted by Gasteiger charge is 2.23. The van der Waals surface area contributed by atoms with Crippen LogP contribution in [0.5, 0.6) is 0 Å². The molecule has 0 aliphatic heterocycles. The van der Waals surface area contributed by atoms with Gasteiger partial charge in [-0.15, -0.1) is 0 Å². The minimum absolute atomic E-state index is 0.208. The second kappa shape index (κ2) is 3.60. The fourth-order valence-corrected chi connectivity index (χ4v) is 0.491. The predicted molar refractivity (Wildman–Crippen MR) is 40.1 cm³/mol. The molecular formula is C8H13FO2. The highest BCUT2D eigenvalue weighted by Crippen LogP contribution is 2.16. The fourth-order valence-electron chi connectivity index (χ4n) is 0.491. The molecule has 0 bridgehead atoms. The molecule has 0 radical (unpaired) electrons. The van der Waals surface area contributed by atoms with E-state index in [1.165, 1.54) is 0 Å². The third-order valence-electron chi connectivity index (χ3n) is 1.34. The average molecular weight is 160 g/mol. The van der Waals surface area contributed by atoms with Crippen LogP contribution < -0.4 is 0 Å². The van der Waals surface area contributed by atoms with E-state index in [9.17, 15) is 14.0 Å². The van der Waals surface area contributed by atoms with Crippen molar-refractivity contribution in [2.24, 2.45) is 5.41 Å². The molecule has 0 aromatic carbocycles. The first-order chi connectivity index (χ1) is 4.88. The molecule has 0 fully saturated rings. The molecule has 3 heteroatoms. The van der Waals surface area contributed by atoms with Crippen molar-refractivity contribution >= 4 is 11.6 Å². The van der Waals surface area contributed by atoms with Gasteiger partial charge in [-0.2, -0.15) is 0 Å². The summed E-state index contributed by atoms with van der Waals surface area (Å²) in [5, 5.41) is 0. The Morgan fingerprint density at radius 3 is 2.00 bits per heavy atom. The summed E-state index contributed by atoms with van der Waals surface area (Å²) < 4.78 is 11.6. The van der Waals surface area contributed by atoms with Crippen molar-refractivity contribution in [1.82, 2.24) is 0 Å². The lowest BCUT2D eigenvalue weighted by Gasteiger charge is -2.14. The van der Waals surface area contributed by atoms with E-state index < -0.39 is 17.9 Å². The number of Topliss-reactive ketones (excluding diaryl/α,β-unsaturated/α-hetero) is 2. The normalized spacial score (nSPS) is 11.3. The van der Waals surface area contributed by atoms with Gasteiger partial charge in [0.15, 0.2) is 5.78 Å². The minimum Gasteiger partial charge on any atom is -0.299 e. The van der Waals surface area contributed by atoms with Crippen LogP contribution in [0.1, 0.15) is 27.2 Å². The van der Waals surface area contributed by atoms with Gasteiger partial charge in [0, 0.05) is 5.41 Å². The summed E-state index contributed by atoms with van der Waals surface area (Å²) in [6.07, 6.45) is -0.278. The molecule has 0 aromatic rings. The van der Waals surface area contributed by atoms with Gasteiger partial charge in [0.05, 0.1) is 6.42 Å². The Labute approximate surface area is 65.8 Å². The van der Waals surface area contributed by atoms with Crippen LogP contribution in [0.3, 0.4) is 0 Å². The topological polar surface area (TPSA) is 34.1 Å². The van der Waals surface area contributed by atoms with Crippen LogP contribution in [0.15, 0.2) is 0 Å². The van der Waals surface area contributed by atoms with E-state index in [0.29, 0.717) is 0 Å². The molecule has 0 amide bonds. The zero-order valence-corrected chi connectivity index (χ0v) is 7.11. The first-order valence-electron chi connectivity index (χ1n) is 3.49. The maximum atomic E-state index is 11.6. The first-order valence-corrected chi connectivity index (χ1v) is 3.49. The van der Waals surface area contributed by atoms with Crippen molar-refractivity contribution in [2.75, 3.05) is 6.67 Å². The van der Waals surface area contributed by atoms with E-state index in [1.807, 2.05) is 0 Å². The van der Waals surface area contributed by atoms with E-state index in [1.54, 1.807) is 20.8 Å². The highest BCUT2D eigenvalue weighted by molar-refractivity contribution is 6.01. The number of rotatable bonds is 3. The standard InChI is InChI=1S/C8H13FO2/c1-8(2,3)7(11)4-6(10)5-9/h4-5H2,1-3H3. The van der Waals surface area contributed by atoms with Crippen molar-refractivity contribution in [3.05, 3.63) is 0 Å². The summed E-state index contributed by atoms with van der Waals surface area (Å²) in [4.78, 5) is 21.5. The second-order valence-electron chi connectivity index (χ2n) is 3.52. The molecule has 2 nitrogen and oxygen atoms in total. The number of carbonyl (C=O) groups excluding carboxylic acids is 2. The SMILES string of the molecule is CC(C)(C)C(=O)CC(=O)CF. The van der Waals surface area contributed by atoms with E-state index in [-0.39, 0.29) is 12.2 Å². The average Bonchev–Trinajstić information content (AvgIpc) is 1.85. The van der Waals surface area contributed by atoms with E-state index in [2.05, 4.69) is 0 Å². The molecule has 0 rings (SSSR count). The van der Waals surface area contributed by atoms with Crippen molar-refractivity contribution < 1.29 is 14.0 Å². The van der Waals surface area contributed by atoms with Gasteiger partial charge in [-0.1, -0.05) is 20.8 Å². The molecule has 0 spiro atoms. The minimum atomic E-state index is -1.04. The maximum Gasteiger partial charge on any atom is 0.171 e. The lowest BCUT2D eigenvalue weighted by Crippen LogP contribution is -2.23. The summed E-state index contributed by atoms with van der Waals surface area (Å²) in [5.74, 6) is -0.843. The van der Waals surface area contributed by atoms with E-state index in [4.69, 9.17) is 0 Å². The third kappa shape index (κ3) is 3.86. The Kier molecular flexibility index (Phi) is 3.36. The Morgan fingerprint density at radius 1 is 1.27 bits per heavy atom. The number of halogens is 1. The molecule has 0 atom stereocenters. The number of hydrogen-bond donors (Lipinski definition) is 0. The zero-order chi connectivity index (χ0) is 9.07. The second-order valence-corrected chi connectivity index (χ2v) is 3.52. The van der Waals surface area contributed by atoms with Crippen LogP contribution in [0.25, 0.3) is 0 Å². The van der Waals surface area contributed by atoms with E-state index >= 15 is 0 Å². The molecule has 0 N–H and O–H groups in total. The van der Waals surface area contributed by atoms with Gasteiger partial charge in [-0.05, 0) is 0 Å². The number of carbonyl (C=O) groups is 2. The van der Waals surface area contributed by atoms with Crippen LogP contribution >= 0.6 is 0 Å². The zero-order valence-electron chi connectivity index (χ0n) is 7.11. The molecule has 0 heterocycles. The molecule has 0 saturated heterocycles. The Bertz CT molecular complexity index is 167. The quantitative estimate of drug-likeness (QED) is 0.587. The molecule has 0 aliphatic carbocycles. The Hall–Kier alpha value is -0.730. The number of hydrogen-bond acceptors (Lipinski definition) is 2. The van der Waals surface area contributed by atoms with E-state index in [0.717, 1.165) is 0 Å². The van der Waals surface area contributed by atoms with Crippen LogP contribution in [0.4, 0.5) is 4.39 Å². The van der Waals surface area contributed by atoms with Crippen LogP contribution in [0, 0.1) is 5.41 Å². The van der Waals surface area contributed by atoms with Gasteiger partial charge < -0.3 is 0 Å². The van der Waals surface area contributed by atoms with Crippen LogP contribution in [-0.4, -0.2) is 18.2 Å². The van der Waals surface area contributed by atoms with Gasteiger partial charge in [0.25, 0.3) is 0 Å². The number of alkyl halides is 1.